The average molecular weight is 327 g/mol. The fourth-order valence-corrected chi connectivity index (χ4v) is 2.72. The number of hydrogen-bond acceptors (Lipinski definition) is 4. The first-order valence-corrected chi connectivity index (χ1v) is 8.71. The summed E-state index contributed by atoms with van der Waals surface area (Å²) >= 11 is 0. The molecule has 0 radical (unpaired) electrons. The quantitative estimate of drug-likeness (QED) is 0.620. The van der Waals surface area contributed by atoms with Crippen molar-refractivity contribution < 1.29 is 14.0 Å². The Labute approximate surface area is 144 Å². The minimum absolute atomic E-state index is 0.345. The largest absolute Gasteiger partial charge is 0.494 e. The molecule has 1 saturated heterocycles. The van der Waals surface area contributed by atoms with E-state index in [1.807, 2.05) is 18.2 Å². The smallest absolute Gasteiger partial charge is 0.493 e. The van der Waals surface area contributed by atoms with Crippen LogP contribution in [-0.2, 0) is 9.31 Å². The highest BCUT2D eigenvalue weighted by Gasteiger charge is 2.51. The van der Waals surface area contributed by atoms with Crippen molar-refractivity contribution in [3.05, 3.63) is 30.5 Å². The third-order valence-corrected chi connectivity index (χ3v) is 5.01. The summed E-state index contributed by atoms with van der Waals surface area (Å²) in [5, 5.41) is 1.00. The van der Waals surface area contributed by atoms with E-state index in [-0.39, 0.29) is 18.3 Å². The fourth-order valence-electron chi connectivity index (χ4n) is 2.72. The van der Waals surface area contributed by atoms with Crippen molar-refractivity contribution in [3.8, 4) is 5.75 Å². The van der Waals surface area contributed by atoms with E-state index in [1.165, 1.54) is 0 Å². The number of fused-ring (bicyclic) bond motifs is 1. The zero-order valence-electron chi connectivity index (χ0n) is 15.3. The molecule has 4 nitrogen and oxygen atoms in total. The topological polar surface area (TPSA) is 40.6 Å². The van der Waals surface area contributed by atoms with Crippen LogP contribution in [-0.4, -0.2) is 29.9 Å². The Hall–Kier alpha value is -1.59. The first-order valence-electron chi connectivity index (χ1n) is 8.71. The molecule has 0 bridgehead atoms. The minimum atomic E-state index is -0.372. The lowest BCUT2D eigenvalue weighted by molar-refractivity contribution is 0.00578. The summed E-state index contributed by atoms with van der Waals surface area (Å²) in [5.41, 5.74) is 1.23. The van der Waals surface area contributed by atoms with Gasteiger partial charge in [-0.05, 0) is 57.8 Å². The number of pyridine rings is 1. The Kier molecular flexibility index (Phi) is 4.58. The standard InChI is InChI=1S/C19H26BNO3/c1-6-7-12-22-17-10-11-21-16-9-8-14(13-15(16)17)20-23-18(2,3)19(4,5)24-20/h8-11,13H,6-7,12H2,1-5H3. The highest BCUT2D eigenvalue weighted by molar-refractivity contribution is 6.62. The van der Waals surface area contributed by atoms with E-state index in [9.17, 15) is 0 Å². The number of benzene rings is 1. The van der Waals surface area contributed by atoms with E-state index >= 15 is 0 Å². The summed E-state index contributed by atoms with van der Waals surface area (Å²) in [6.07, 6.45) is 3.95. The molecule has 1 fully saturated rings. The van der Waals surface area contributed by atoms with E-state index in [4.69, 9.17) is 14.0 Å². The van der Waals surface area contributed by atoms with Gasteiger partial charge in [0, 0.05) is 11.6 Å². The second-order valence-electron chi connectivity index (χ2n) is 7.38. The summed E-state index contributed by atoms with van der Waals surface area (Å²) in [4.78, 5) is 4.43. The molecule has 1 aliphatic rings. The third-order valence-electron chi connectivity index (χ3n) is 5.01. The summed E-state index contributed by atoms with van der Waals surface area (Å²) < 4.78 is 18.2. The zero-order chi connectivity index (χ0) is 17.4. The van der Waals surface area contributed by atoms with Crippen molar-refractivity contribution in [3.63, 3.8) is 0 Å². The van der Waals surface area contributed by atoms with Crippen LogP contribution < -0.4 is 10.2 Å². The number of unbranched alkanes of at least 4 members (excludes halogenated alkanes) is 1. The van der Waals surface area contributed by atoms with Gasteiger partial charge in [0.15, 0.2) is 0 Å². The lowest BCUT2D eigenvalue weighted by Crippen LogP contribution is -2.41. The van der Waals surface area contributed by atoms with Gasteiger partial charge < -0.3 is 14.0 Å². The molecule has 1 aliphatic heterocycles. The first-order chi connectivity index (χ1) is 11.3. The first kappa shape index (κ1) is 17.2. The van der Waals surface area contributed by atoms with E-state index in [2.05, 4.69) is 45.7 Å². The highest BCUT2D eigenvalue weighted by Crippen LogP contribution is 2.36. The molecule has 2 aromatic rings. The predicted molar refractivity (Wildman–Crippen MR) is 97.9 cm³/mol. The van der Waals surface area contributed by atoms with Crippen LogP contribution in [0.15, 0.2) is 30.5 Å². The summed E-state index contributed by atoms with van der Waals surface area (Å²) in [6, 6.07) is 8.02. The molecule has 0 spiro atoms. The van der Waals surface area contributed by atoms with Crippen LogP contribution in [0.25, 0.3) is 10.9 Å². The van der Waals surface area contributed by atoms with Crippen molar-refractivity contribution in [1.29, 1.82) is 0 Å². The Morgan fingerprint density at radius 3 is 2.46 bits per heavy atom. The van der Waals surface area contributed by atoms with Gasteiger partial charge in [-0.1, -0.05) is 19.4 Å². The Bertz CT molecular complexity index is 714. The number of ether oxygens (including phenoxy) is 1. The lowest BCUT2D eigenvalue weighted by atomic mass is 9.78. The Morgan fingerprint density at radius 1 is 1.08 bits per heavy atom. The van der Waals surface area contributed by atoms with Gasteiger partial charge in [-0.15, -0.1) is 0 Å². The number of aromatic nitrogens is 1. The predicted octanol–water partition coefficient (Wildman–Crippen LogP) is 3.71. The van der Waals surface area contributed by atoms with Gasteiger partial charge in [-0.25, -0.2) is 0 Å². The van der Waals surface area contributed by atoms with Crippen LogP contribution in [0.5, 0.6) is 5.75 Å². The van der Waals surface area contributed by atoms with Crippen LogP contribution in [0.3, 0.4) is 0 Å². The molecule has 0 N–H and O–H groups in total. The maximum absolute atomic E-state index is 6.15. The molecule has 5 heteroatoms. The molecule has 24 heavy (non-hydrogen) atoms. The minimum Gasteiger partial charge on any atom is -0.493 e. The number of rotatable bonds is 5. The van der Waals surface area contributed by atoms with E-state index in [0.717, 1.165) is 41.6 Å². The van der Waals surface area contributed by atoms with Crippen molar-refractivity contribution in [2.75, 3.05) is 6.61 Å². The zero-order valence-corrected chi connectivity index (χ0v) is 15.3. The van der Waals surface area contributed by atoms with Gasteiger partial charge in [0.25, 0.3) is 0 Å². The highest BCUT2D eigenvalue weighted by atomic mass is 16.7. The molecule has 128 valence electrons. The number of nitrogens with zero attached hydrogens (tertiary/aromatic N) is 1. The van der Waals surface area contributed by atoms with Gasteiger partial charge in [-0.2, -0.15) is 0 Å². The SMILES string of the molecule is CCCCOc1ccnc2ccc(B3OC(C)(C)C(C)(C)O3)cc12. The molecule has 0 aliphatic carbocycles. The van der Waals surface area contributed by atoms with Crippen molar-refractivity contribution in [1.82, 2.24) is 4.98 Å². The maximum atomic E-state index is 6.15. The molecular formula is C19H26BNO3. The van der Waals surface area contributed by atoms with Crippen molar-refractivity contribution in [2.45, 2.75) is 58.7 Å². The van der Waals surface area contributed by atoms with Crippen molar-refractivity contribution >= 4 is 23.5 Å². The van der Waals surface area contributed by atoms with Crippen LogP contribution >= 0.6 is 0 Å². The molecular weight excluding hydrogens is 301 g/mol. The monoisotopic (exact) mass is 327 g/mol. The molecule has 0 unspecified atom stereocenters. The van der Waals surface area contributed by atoms with Gasteiger partial charge in [0.1, 0.15) is 5.75 Å². The molecule has 0 saturated carbocycles. The molecule has 1 aromatic carbocycles. The molecule has 0 atom stereocenters. The van der Waals surface area contributed by atoms with E-state index in [0.29, 0.717) is 0 Å². The van der Waals surface area contributed by atoms with Crippen LogP contribution in [0, 0.1) is 0 Å². The lowest BCUT2D eigenvalue weighted by Gasteiger charge is -2.32. The second-order valence-corrected chi connectivity index (χ2v) is 7.38. The summed E-state index contributed by atoms with van der Waals surface area (Å²) in [5.74, 6) is 0.867. The molecule has 1 aromatic heterocycles. The average Bonchev–Trinajstić information content (AvgIpc) is 2.75. The number of hydrogen-bond donors (Lipinski definition) is 0. The van der Waals surface area contributed by atoms with Gasteiger partial charge in [0.2, 0.25) is 0 Å². The molecule has 2 heterocycles. The maximum Gasteiger partial charge on any atom is 0.494 e. The second kappa shape index (κ2) is 6.38. The Balaban J connectivity index is 1.92. The van der Waals surface area contributed by atoms with Gasteiger partial charge in [0.05, 0.1) is 23.3 Å². The van der Waals surface area contributed by atoms with Crippen LogP contribution in [0.1, 0.15) is 47.5 Å². The Morgan fingerprint density at radius 2 is 1.79 bits per heavy atom. The van der Waals surface area contributed by atoms with Gasteiger partial charge in [-0.3, -0.25) is 4.98 Å². The molecule has 3 rings (SSSR count). The molecule has 0 amide bonds. The van der Waals surface area contributed by atoms with Crippen LogP contribution in [0.4, 0.5) is 0 Å². The fraction of sp³-hybridized carbons (Fsp3) is 0.526. The normalized spacial score (nSPS) is 19.0. The summed E-state index contributed by atoms with van der Waals surface area (Å²) in [7, 11) is -0.372. The third kappa shape index (κ3) is 3.15. The van der Waals surface area contributed by atoms with E-state index < -0.39 is 0 Å². The van der Waals surface area contributed by atoms with Crippen LogP contribution in [0.2, 0.25) is 0 Å². The van der Waals surface area contributed by atoms with Gasteiger partial charge >= 0.3 is 7.12 Å². The summed E-state index contributed by atoms with van der Waals surface area (Å²) in [6.45, 7) is 11.1. The van der Waals surface area contributed by atoms with E-state index in [1.54, 1.807) is 6.20 Å². The van der Waals surface area contributed by atoms with Crippen molar-refractivity contribution in [2.24, 2.45) is 0 Å².